The van der Waals surface area contributed by atoms with Gasteiger partial charge in [-0.25, -0.2) is 0 Å². The molecule has 0 nitrogen and oxygen atoms in total. The lowest BCUT2D eigenvalue weighted by Crippen LogP contribution is -2.19. The summed E-state index contributed by atoms with van der Waals surface area (Å²) in [5.41, 5.74) is 1.40. The summed E-state index contributed by atoms with van der Waals surface area (Å²) in [4.78, 5) is 1.38. The SMILES string of the molecule is C/C=C\c1sc(=C/C)/c(=C\C)c1C. The van der Waals surface area contributed by atoms with E-state index in [1.54, 1.807) is 0 Å². The fourth-order valence-corrected chi connectivity index (χ4v) is 2.65. The van der Waals surface area contributed by atoms with E-state index in [-0.39, 0.29) is 0 Å². The van der Waals surface area contributed by atoms with Crippen molar-refractivity contribution in [3.63, 3.8) is 0 Å². The molecule has 0 fully saturated rings. The molecule has 0 radical (unpaired) electrons. The summed E-state index contributed by atoms with van der Waals surface area (Å²) in [6.45, 7) is 8.44. The van der Waals surface area contributed by atoms with Crippen molar-refractivity contribution in [1.82, 2.24) is 0 Å². The molecule has 1 heterocycles. The third-order valence-corrected chi connectivity index (χ3v) is 3.47. The predicted octanol–water partition coefficient (Wildman–Crippen LogP) is 2.69. The molecule has 0 aromatic carbocycles. The minimum atomic E-state index is 1.38. The third kappa shape index (κ3) is 1.92. The van der Waals surface area contributed by atoms with Crippen LogP contribution in [0.2, 0.25) is 0 Å². The number of allylic oxidation sites excluding steroid dienone is 1. The van der Waals surface area contributed by atoms with E-state index in [2.05, 4.69) is 52.0 Å². The molecule has 70 valence electrons. The molecule has 0 bridgehead atoms. The molecule has 0 atom stereocenters. The second kappa shape index (κ2) is 4.43. The quantitative estimate of drug-likeness (QED) is 0.642. The lowest BCUT2D eigenvalue weighted by molar-refractivity contribution is 1.44. The summed E-state index contributed by atoms with van der Waals surface area (Å²) >= 11 is 1.86. The fraction of sp³-hybridized carbons (Fsp3) is 0.333. The first-order valence-electron chi connectivity index (χ1n) is 4.59. The van der Waals surface area contributed by atoms with Gasteiger partial charge in [0.1, 0.15) is 0 Å². The smallest absolute Gasteiger partial charge is 0.0308 e. The van der Waals surface area contributed by atoms with Gasteiger partial charge in [-0.05, 0) is 44.6 Å². The van der Waals surface area contributed by atoms with Gasteiger partial charge < -0.3 is 0 Å². The highest BCUT2D eigenvalue weighted by Gasteiger charge is 1.99. The molecule has 0 amide bonds. The molecule has 0 spiro atoms. The van der Waals surface area contributed by atoms with Gasteiger partial charge >= 0.3 is 0 Å². The lowest BCUT2D eigenvalue weighted by Gasteiger charge is -1.87. The summed E-state index contributed by atoms with van der Waals surface area (Å²) in [6.07, 6.45) is 8.64. The van der Waals surface area contributed by atoms with Crippen molar-refractivity contribution in [2.24, 2.45) is 0 Å². The maximum absolute atomic E-state index is 2.19. The molecule has 0 aliphatic rings. The maximum Gasteiger partial charge on any atom is 0.0308 e. The lowest BCUT2D eigenvalue weighted by atomic mass is 10.2. The molecule has 1 aromatic heterocycles. The van der Waals surface area contributed by atoms with E-state index in [4.69, 9.17) is 0 Å². The Labute approximate surface area is 83.9 Å². The van der Waals surface area contributed by atoms with Crippen molar-refractivity contribution in [1.29, 1.82) is 0 Å². The van der Waals surface area contributed by atoms with E-state index >= 15 is 0 Å². The van der Waals surface area contributed by atoms with Crippen molar-refractivity contribution < 1.29 is 0 Å². The Morgan fingerprint density at radius 3 is 2.15 bits per heavy atom. The maximum atomic E-state index is 2.19. The van der Waals surface area contributed by atoms with Crippen LogP contribution < -0.4 is 9.75 Å². The van der Waals surface area contributed by atoms with Gasteiger partial charge in [0.2, 0.25) is 0 Å². The zero-order valence-corrected chi connectivity index (χ0v) is 9.53. The van der Waals surface area contributed by atoms with Crippen LogP contribution in [-0.4, -0.2) is 0 Å². The Bertz CT molecular complexity index is 419. The van der Waals surface area contributed by atoms with Gasteiger partial charge in [-0.1, -0.05) is 18.2 Å². The Kier molecular flexibility index (Phi) is 3.49. The summed E-state index contributed by atoms with van der Waals surface area (Å²) in [6, 6.07) is 0. The molecule has 0 saturated carbocycles. The predicted molar refractivity (Wildman–Crippen MR) is 63.3 cm³/mol. The molecule has 13 heavy (non-hydrogen) atoms. The number of thiophene rings is 1. The number of rotatable bonds is 1. The molecule has 1 rings (SSSR count). The summed E-state index contributed by atoms with van der Waals surface area (Å²) in [5.74, 6) is 0. The van der Waals surface area contributed by atoms with Gasteiger partial charge in [0, 0.05) is 9.41 Å². The summed E-state index contributed by atoms with van der Waals surface area (Å²) in [7, 11) is 0. The molecule has 0 unspecified atom stereocenters. The molecule has 0 N–H and O–H groups in total. The van der Waals surface area contributed by atoms with Crippen molar-refractivity contribution >= 4 is 29.6 Å². The van der Waals surface area contributed by atoms with Crippen LogP contribution in [-0.2, 0) is 0 Å². The van der Waals surface area contributed by atoms with Crippen molar-refractivity contribution in [3.05, 3.63) is 26.3 Å². The van der Waals surface area contributed by atoms with E-state index < -0.39 is 0 Å². The number of hydrogen-bond acceptors (Lipinski definition) is 1. The van der Waals surface area contributed by atoms with Crippen LogP contribution in [0.25, 0.3) is 18.2 Å². The topological polar surface area (TPSA) is 0 Å². The molecule has 0 aliphatic carbocycles. The summed E-state index contributed by atoms with van der Waals surface area (Å²) in [5, 5.41) is 1.39. The van der Waals surface area contributed by atoms with Crippen LogP contribution in [0.5, 0.6) is 0 Å². The molecule has 1 aromatic rings. The van der Waals surface area contributed by atoms with Gasteiger partial charge in [-0.15, -0.1) is 11.3 Å². The molecular weight excluding hydrogens is 176 g/mol. The van der Waals surface area contributed by atoms with E-state index in [0.29, 0.717) is 0 Å². The zero-order valence-electron chi connectivity index (χ0n) is 8.72. The second-order valence-corrected chi connectivity index (χ2v) is 4.03. The Balaban J connectivity index is 3.55. The first kappa shape index (κ1) is 10.3. The Morgan fingerprint density at radius 2 is 1.77 bits per heavy atom. The zero-order chi connectivity index (χ0) is 9.84. The van der Waals surface area contributed by atoms with Gasteiger partial charge in [-0.3, -0.25) is 0 Å². The van der Waals surface area contributed by atoms with Crippen LogP contribution >= 0.6 is 11.3 Å². The van der Waals surface area contributed by atoms with Crippen molar-refractivity contribution in [2.45, 2.75) is 27.7 Å². The van der Waals surface area contributed by atoms with E-state index in [0.717, 1.165) is 0 Å². The van der Waals surface area contributed by atoms with Crippen LogP contribution in [0.15, 0.2) is 6.08 Å². The molecule has 1 heteroatoms. The largest absolute Gasteiger partial charge is 0.136 e. The number of hydrogen-bond donors (Lipinski definition) is 0. The highest BCUT2D eigenvalue weighted by Crippen LogP contribution is 2.09. The monoisotopic (exact) mass is 192 g/mol. The first-order valence-corrected chi connectivity index (χ1v) is 5.41. The van der Waals surface area contributed by atoms with E-state index in [9.17, 15) is 0 Å². The van der Waals surface area contributed by atoms with Crippen LogP contribution in [0.3, 0.4) is 0 Å². The fourth-order valence-electron chi connectivity index (χ4n) is 1.45. The van der Waals surface area contributed by atoms with Gasteiger partial charge in [0.15, 0.2) is 0 Å². The van der Waals surface area contributed by atoms with Crippen LogP contribution in [0.4, 0.5) is 0 Å². The minimum absolute atomic E-state index is 1.38. The molecular formula is C12H16S. The second-order valence-electron chi connectivity index (χ2n) is 2.95. The van der Waals surface area contributed by atoms with Crippen LogP contribution in [0.1, 0.15) is 31.2 Å². The van der Waals surface area contributed by atoms with E-state index in [1.165, 1.54) is 20.2 Å². The molecule has 0 aliphatic heterocycles. The standard InChI is InChI=1S/C12H16S/c1-5-8-12-9(4)10(6-2)11(7-3)13-12/h5-8H,1-4H3/b8-5-,10-6-,11-7+. The Morgan fingerprint density at radius 1 is 1.08 bits per heavy atom. The van der Waals surface area contributed by atoms with E-state index in [1.807, 2.05) is 11.3 Å². The van der Waals surface area contributed by atoms with Gasteiger partial charge in [0.05, 0.1) is 0 Å². The third-order valence-electron chi connectivity index (χ3n) is 2.13. The van der Waals surface area contributed by atoms with Crippen molar-refractivity contribution in [3.8, 4) is 0 Å². The highest BCUT2D eigenvalue weighted by molar-refractivity contribution is 7.11. The molecule has 0 saturated heterocycles. The van der Waals surface area contributed by atoms with Crippen LogP contribution in [0, 0.1) is 6.92 Å². The minimum Gasteiger partial charge on any atom is -0.136 e. The highest BCUT2D eigenvalue weighted by atomic mass is 32.1. The van der Waals surface area contributed by atoms with Gasteiger partial charge in [-0.2, -0.15) is 0 Å². The average Bonchev–Trinajstić information content (AvgIpc) is 2.44. The Hall–Kier alpha value is -0.820. The first-order chi connectivity index (χ1) is 6.24. The summed E-state index contributed by atoms with van der Waals surface area (Å²) < 4.78 is 1.38. The average molecular weight is 192 g/mol. The van der Waals surface area contributed by atoms with Crippen molar-refractivity contribution in [2.75, 3.05) is 0 Å². The normalized spacial score (nSPS) is 14.8. The van der Waals surface area contributed by atoms with Gasteiger partial charge in [0.25, 0.3) is 0 Å².